The van der Waals surface area contributed by atoms with Crippen molar-refractivity contribution in [1.29, 1.82) is 0 Å². The van der Waals surface area contributed by atoms with Gasteiger partial charge in [0.2, 0.25) is 5.91 Å². The van der Waals surface area contributed by atoms with Crippen LogP contribution in [0.15, 0.2) is 44.7 Å². The first-order valence-corrected chi connectivity index (χ1v) is 7.92. The van der Waals surface area contributed by atoms with Crippen molar-refractivity contribution in [2.45, 2.75) is 20.0 Å². The first-order chi connectivity index (χ1) is 12.8. The molecule has 140 valence electrons. The monoisotopic (exact) mass is 373 g/mol. The molecule has 0 aliphatic heterocycles. The molecule has 1 amide bonds. The largest absolute Gasteiger partial charge is 0.422 e. The molecule has 3 aromatic heterocycles. The van der Waals surface area contributed by atoms with E-state index in [4.69, 9.17) is 4.42 Å². The normalized spacial score (nSPS) is 10.9. The van der Waals surface area contributed by atoms with Crippen LogP contribution < -0.4 is 16.5 Å². The van der Waals surface area contributed by atoms with E-state index in [0.717, 1.165) is 17.1 Å². The summed E-state index contributed by atoms with van der Waals surface area (Å²) in [6.07, 6.45) is 3.70. The summed E-state index contributed by atoms with van der Waals surface area (Å²) in [5.74, 6) is -0.399. The molecular formula is C16H15N5O6. The van der Waals surface area contributed by atoms with Gasteiger partial charge in [-0.15, -0.1) is 0 Å². The summed E-state index contributed by atoms with van der Waals surface area (Å²) in [5.41, 5.74) is -0.322. The second-order valence-electron chi connectivity index (χ2n) is 5.81. The molecule has 11 heteroatoms. The Balaban J connectivity index is 1.64. The zero-order valence-electron chi connectivity index (χ0n) is 14.2. The third-order valence-corrected chi connectivity index (χ3v) is 3.88. The van der Waals surface area contributed by atoms with Crippen molar-refractivity contribution in [3.8, 4) is 0 Å². The van der Waals surface area contributed by atoms with Crippen LogP contribution in [0.5, 0.6) is 0 Å². The SMILES string of the molecule is Cc1cc(=O)oc2ccn(CCNC(=O)Cn3cc([N+](=O)[O-])cn3)c(=O)c12. The number of nitrogens with zero attached hydrogens (tertiary/aromatic N) is 4. The minimum Gasteiger partial charge on any atom is -0.422 e. The van der Waals surface area contributed by atoms with Gasteiger partial charge < -0.3 is 14.3 Å². The van der Waals surface area contributed by atoms with Gasteiger partial charge in [0.05, 0.1) is 10.3 Å². The lowest BCUT2D eigenvalue weighted by molar-refractivity contribution is -0.385. The summed E-state index contributed by atoms with van der Waals surface area (Å²) in [6, 6.07) is 2.77. The van der Waals surface area contributed by atoms with E-state index in [9.17, 15) is 24.5 Å². The molecule has 11 nitrogen and oxygen atoms in total. The fourth-order valence-electron chi connectivity index (χ4n) is 2.62. The lowest BCUT2D eigenvalue weighted by atomic mass is 10.2. The Morgan fingerprint density at radius 3 is 2.89 bits per heavy atom. The van der Waals surface area contributed by atoms with E-state index in [1.165, 1.54) is 22.9 Å². The van der Waals surface area contributed by atoms with Crippen molar-refractivity contribution in [3.05, 3.63) is 67.2 Å². The molecular weight excluding hydrogens is 358 g/mol. The summed E-state index contributed by atoms with van der Waals surface area (Å²) in [6.45, 7) is 1.85. The Morgan fingerprint density at radius 2 is 2.19 bits per heavy atom. The van der Waals surface area contributed by atoms with Crippen LogP contribution >= 0.6 is 0 Å². The van der Waals surface area contributed by atoms with Crippen molar-refractivity contribution in [1.82, 2.24) is 19.7 Å². The van der Waals surface area contributed by atoms with E-state index < -0.39 is 16.5 Å². The molecule has 0 bridgehead atoms. The molecule has 3 aromatic rings. The number of aryl methyl sites for hydroxylation is 1. The smallest absolute Gasteiger partial charge is 0.336 e. The molecule has 3 heterocycles. The summed E-state index contributed by atoms with van der Waals surface area (Å²) in [7, 11) is 0. The van der Waals surface area contributed by atoms with Crippen LogP contribution in [-0.4, -0.2) is 31.7 Å². The number of rotatable bonds is 6. The zero-order valence-corrected chi connectivity index (χ0v) is 14.2. The molecule has 0 radical (unpaired) electrons. The highest BCUT2D eigenvalue weighted by atomic mass is 16.6. The van der Waals surface area contributed by atoms with Gasteiger partial charge in [-0.1, -0.05) is 0 Å². The molecule has 1 N–H and O–H groups in total. The molecule has 0 aliphatic rings. The Hall–Kier alpha value is -3.76. The standard InChI is InChI=1S/C16H15N5O6/c1-10-6-14(23)27-12-2-4-19(16(24)15(10)12)5-3-17-13(22)9-20-8-11(7-18-20)21(25)26/h2,4,6-8H,3,5,9H2,1H3,(H,17,22). The average molecular weight is 373 g/mol. The molecule has 27 heavy (non-hydrogen) atoms. The number of pyridine rings is 1. The van der Waals surface area contributed by atoms with Crippen LogP contribution in [0.3, 0.4) is 0 Å². The van der Waals surface area contributed by atoms with E-state index in [1.807, 2.05) is 0 Å². The number of fused-ring (bicyclic) bond motifs is 1. The minimum atomic E-state index is -0.600. The van der Waals surface area contributed by atoms with Crippen molar-refractivity contribution in [3.63, 3.8) is 0 Å². The second kappa shape index (κ2) is 7.23. The second-order valence-corrected chi connectivity index (χ2v) is 5.81. The number of hydrogen-bond acceptors (Lipinski definition) is 7. The average Bonchev–Trinajstić information content (AvgIpc) is 3.05. The summed E-state index contributed by atoms with van der Waals surface area (Å²) >= 11 is 0. The van der Waals surface area contributed by atoms with Gasteiger partial charge in [-0.2, -0.15) is 5.10 Å². The highest BCUT2D eigenvalue weighted by molar-refractivity contribution is 5.78. The third-order valence-electron chi connectivity index (χ3n) is 3.88. The molecule has 0 atom stereocenters. The van der Waals surface area contributed by atoms with Crippen molar-refractivity contribution in [2.24, 2.45) is 0 Å². The van der Waals surface area contributed by atoms with Crippen LogP contribution in [0.25, 0.3) is 11.0 Å². The fraction of sp³-hybridized carbons (Fsp3) is 0.250. The quantitative estimate of drug-likeness (QED) is 0.480. The van der Waals surface area contributed by atoms with Crippen molar-refractivity contribution >= 4 is 22.6 Å². The number of nitro groups is 1. The van der Waals surface area contributed by atoms with Crippen LogP contribution in [0.1, 0.15) is 5.56 Å². The fourth-order valence-corrected chi connectivity index (χ4v) is 2.62. The number of hydrogen-bond donors (Lipinski definition) is 1. The van der Waals surface area contributed by atoms with Gasteiger partial charge in [0.1, 0.15) is 24.5 Å². The molecule has 0 saturated heterocycles. The number of nitrogens with one attached hydrogen (secondary N) is 1. The molecule has 0 unspecified atom stereocenters. The zero-order chi connectivity index (χ0) is 19.6. The Morgan fingerprint density at radius 1 is 1.41 bits per heavy atom. The first-order valence-electron chi connectivity index (χ1n) is 7.92. The van der Waals surface area contributed by atoms with E-state index >= 15 is 0 Å². The highest BCUT2D eigenvalue weighted by Crippen LogP contribution is 2.11. The van der Waals surface area contributed by atoms with E-state index in [1.54, 1.807) is 6.92 Å². The van der Waals surface area contributed by atoms with E-state index in [2.05, 4.69) is 10.4 Å². The Labute approximate surface area is 151 Å². The number of carbonyl (C=O) groups is 1. The van der Waals surface area contributed by atoms with Crippen LogP contribution in [0, 0.1) is 17.0 Å². The molecule has 3 rings (SSSR count). The van der Waals surface area contributed by atoms with Crippen LogP contribution in [0.4, 0.5) is 5.69 Å². The maximum absolute atomic E-state index is 12.5. The third kappa shape index (κ3) is 3.92. The number of aromatic nitrogens is 3. The molecule has 0 fully saturated rings. The summed E-state index contributed by atoms with van der Waals surface area (Å²) in [4.78, 5) is 45.8. The lowest BCUT2D eigenvalue weighted by Crippen LogP contribution is -2.33. The van der Waals surface area contributed by atoms with Crippen LogP contribution in [-0.2, 0) is 17.9 Å². The molecule has 0 spiro atoms. The highest BCUT2D eigenvalue weighted by Gasteiger charge is 2.12. The number of carbonyl (C=O) groups excluding carboxylic acids is 1. The van der Waals surface area contributed by atoms with Gasteiger partial charge in [0.15, 0.2) is 0 Å². The number of amides is 1. The molecule has 0 aromatic carbocycles. The summed E-state index contributed by atoms with van der Waals surface area (Å²) < 4.78 is 7.56. The predicted octanol–water partition coefficient (Wildman–Crippen LogP) is 0.184. The maximum Gasteiger partial charge on any atom is 0.336 e. The van der Waals surface area contributed by atoms with Gasteiger partial charge in [0, 0.05) is 25.4 Å². The maximum atomic E-state index is 12.5. The van der Waals surface area contributed by atoms with Crippen molar-refractivity contribution in [2.75, 3.05) is 6.54 Å². The van der Waals surface area contributed by atoms with E-state index in [-0.39, 0.29) is 36.5 Å². The predicted molar refractivity (Wildman–Crippen MR) is 93.4 cm³/mol. The Kier molecular flexibility index (Phi) is 4.83. The van der Waals surface area contributed by atoms with Gasteiger partial charge in [-0.05, 0) is 18.6 Å². The topological polar surface area (TPSA) is 142 Å². The first kappa shape index (κ1) is 18.0. The van der Waals surface area contributed by atoms with Gasteiger partial charge in [-0.3, -0.25) is 24.4 Å². The van der Waals surface area contributed by atoms with E-state index in [0.29, 0.717) is 10.9 Å². The van der Waals surface area contributed by atoms with Gasteiger partial charge >= 0.3 is 11.3 Å². The van der Waals surface area contributed by atoms with Gasteiger partial charge in [-0.25, -0.2) is 4.79 Å². The lowest BCUT2D eigenvalue weighted by Gasteiger charge is -2.09. The molecule has 0 aliphatic carbocycles. The van der Waals surface area contributed by atoms with Gasteiger partial charge in [0.25, 0.3) is 5.56 Å². The van der Waals surface area contributed by atoms with Crippen molar-refractivity contribution < 1.29 is 14.1 Å². The molecule has 0 saturated carbocycles. The summed E-state index contributed by atoms with van der Waals surface area (Å²) in [5, 5.41) is 17.3. The Bertz CT molecular complexity index is 1140. The van der Waals surface area contributed by atoms with Crippen LogP contribution in [0.2, 0.25) is 0 Å². The minimum absolute atomic E-state index is 0.170.